The molecule has 0 unspecified atom stereocenters. The Morgan fingerprint density at radius 2 is 1.87 bits per heavy atom. The van der Waals surface area contributed by atoms with E-state index < -0.39 is 12.0 Å². The first-order chi connectivity index (χ1) is 21.8. The van der Waals surface area contributed by atoms with Crippen LogP contribution >= 0.6 is 11.3 Å². The molecule has 1 atom stereocenters. The average molecular weight is 630 g/mol. The van der Waals surface area contributed by atoms with Gasteiger partial charge in [-0.2, -0.15) is 0 Å². The van der Waals surface area contributed by atoms with Gasteiger partial charge in [-0.05, 0) is 75.2 Å². The predicted molar refractivity (Wildman–Crippen MR) is 171 cm³/mol. The molecule has 2 aromatic carbocycles. The van der Waals surface area contributed by atoms with Crippen LogP contribution in [-0.4, -0.2) is 42.7 Å². The van der Waals surface area contributed by atoms with E-state index in [0.717, 1.165) is 34.8 Å². The summed E-state index contributed by atoms with van der Waals surface area (Å²) >= 11 is 1.30. The van der Waals surface area contributed by atoms with Crippen LogP contribution in [-0.2, 0) is 9.53 Å². The second-order valence-corrected chi connectivity index (χ2v) is 11.7. The van der Waals surface area contributed by atoms with Crippen molar-refractivity contribution < 1.29 is 28.5 Å². The molecule has 0 saturated carbocycles. The van der Waals surface area contributed by atoms with Crippen molar-refractivity contribution in [3.8, 4) is 28.7 Å². The molecule has 0 aliphatic carbocycles. The fourth-order valence-corrected chi connectivity index (χ4v) is 6.98. The topological polar surface area (TPSA) is 103 Å². The lowest BCUT2D eigenvalue weighted by Gasteiger charge is -2.27. The van der Waals surface area contributed by atoms with Crippen molar-refractivity contribution in [3.63, 3.8) is 0 Å². The van der Waals surface area contributed by atoms with E-state index in [0.29, 0.717) is 49.8 Å². The Morgan fingerprint density at radius 1 is 1.07 bits per heavy atom. The SMILES string of the molecule is CCCC1=C(C(=O)OCC)[C@H](c2cc(OC)ccc2OC)n2c(sc(=Cc3cc(C)n(-c4ccc5c(c4)OCO5)c3C)c2=O)=N1. The molecule has 2 aliphatic rings. The molecule has 10 nitrogen and oxygen atoms in total. The largest absolute Gasteiger partial charge is 0.497 e. The van der Waals surface area contributed by atoms with Gasteiger partial charge in [0.2, 0.25) is 6.79 Å². The minimum absolute atomic E-state index is 0.188. The van der Waals surface area contributed by atoms with Gasteiger partial charge in [0.25, 0.3) is 5.56 Å². The molecule has 11 heteroatoms. The van der Waals surface area contributed by atoms with Crippen molar-refractivity contribution in [2.75, 3.05) is 27.6 Å². The van der Waals surface area contributed by atoms with Crippen LogP contribution in [0.15, 0.2) is 63.5 Å². The number of aromatic nitrogens is 2. The Labute approximate surface area is 264 Å². The number of nitrogens with zero attached hydrogens (tertiary/aromatic N) is 3. The van der Waals surface area contributed by atoms with Gasteiger partial charge in [-0.1, -0.05) is 24.7 Å². The van der Waals surface area contributed by atoms with Crippen LogP contribution in [0.5, 0.6) is 23.0 Å². The molecule has 2 aliphatic heterocycles. The first-order valence-electron chi connectivity index (χ1n) is 14.8. The lowest BCUT2D eigenvalue weighted by molar-refractivity contribution is -0.139. The van der Waals surface area contributed by atoms with E-state index in [1.807, 2.05) is 51.1 Å². The highest BCUT2D eigenvalue weighted by molar-refractivity contribution is 7.07. The number of esters is 1. The Kier molecular flexibility index (Phi) is 8.28. The van der Waals surface area contributed by atoms with Gasteiger partial charge >= 0.3 is 5.97 Å². The van der Waals surface area contributed by atoms with Gasteiger partial charge in [-0.3, -0.25) is 9.36 Å². The van der Waals surface area contributed by atoms with E-state index in [1.165, 1.54) is 11.3 Å². The van der Waals surface area contributed by atoms with E-state index in [-0.39, 0.29) is 19.0 Å². The normalized spacial score (nSPS) is 15.6. The quantitative estimate of drug-likeness (QED) is 0.247. The maximum Gasteiger partial charge on any atom is 0.338 e. The molecule has 4 aromatic rings. The number of aryl methyl sites for hydroxylation is 1. The molecular formula is C34H35N3O7S. The summed E-state index contributed by atoms with van der Waals surface area (Å²) in [6, 6.07) is 12.4. The molecule has 0 N–H and O–H groups in total. The number of allylic oxidation sites excluding steroid dienone is 1. The molecule has 0 spiro atoms. The van der Waals surface area contributed by atoms with Gasteiger partial charge in [0, 0.05) is 28.7 Å². The summed E-state index contributed by atoms with van der Waals surface area (Å²) in [4.78, 5) is 33.3. The third kappa shape index (κ3) is 5.31. The van der Waals surface area contributed by atoms with Crippen LogP contribution in [0, 0.1) is 13.8 Å². The summed E-state index contributed by atoms with van der Waals surface area (Å²) in [5, 5.41) is 0. The van der Waals surface area contributed by atoms with Gasteiger partial charge in [-0.25, -0.2) is 9.79 Å². The molecular weight excluding hydrogens is 594 g/mol. The summed E-state index contributed by atoms with van der Waals surface area (Å²) in [5.41, 5.74) is 5.05. The molecule has 0 amide bonds. The number of hydrogen-bond acceptors (Lipinski definition) is 9. The minimum Gasteiger partial charge on any atom is -0.497 e. The van der Waals surface area contributed by atoms with Crippen LogP contribution < -0.4 is 33.8 Å². The zero-order valence-electron chi connectivity index (χ0n) is 26.1. The van der Waals surface area contributed by atoms with Crippen molar-refractivity contribution in [3.05, 3.63) is 95.9 Å². The third-order valence-corrected chi connectivity index (χ3v) is 8.98. The van der Waals surface area contributed by atoms with Gasteiger partial charge in [-0.15, -0.1) is 0 Å². The van der Waals surface area contributed by atoms with Gasteiger partial charge < -0.3 is 28.3 Å². The smallest absolute Gasteiger partial charge is 0.338 e. The first kappa shape index (κ1) is 30.3. The number of carbonyl (C=O) groups excluding carboxylic acids is 1. The monoisotopic (exact) mass is 629 g/mol. The van der Waals surface area contributed by atoms with Crippen LogP contribution in [0.4, 0.5) is 0 Å². The summed E-state index contributed by atoms with van der Waals surface area (Å²) in [5.74, 6) is 1.99. The van der Waals surface area contributed by atoms with Crippen molar-refractivity contribution >= 4 is 23.4 Å². The van der Waals surface area contributed by atoms with E-state index >= 15 is 0 Å². The molecule has 0 fully saturated rings. The average Bonchev–Trinajstić information content (AvgIpc) is 3.71. The van der Waals surface area contributed by atoms with E-state index in [9.17, 15) is 9.59 Å². The summed E-state index contributed by atoms with van der Waals surface area (Å²) in [6.07, 6.45) is 3.19. The Morgan fingerprint density at radius 3 is 2.60 bits per heavy atom. The Balaban J connectivity index is 1.55. The number of carbonyl (C=O) groups is 1. The lowest BCUT2D eigenvalue weighted by atomic mass is 9.93. The highest BCUT2D eigenvalue weighted by atomic mass is 32.1. The predicted octanol–water partition coefficient (Wildman–Crippen LogP) is 4.73. The third-order valence-electron chi connectivity index (χ3n) is 7.99. The van der Waals surface area contributed by atoms with Crippen LogP contribution in [0.2, 0.25) is 0 Å². The van der Waals surface area contributed by atoms with E-state index in [1.54, 1.807) is 43.9 Å². The molecule has 0 bridgehead atoms. The molecule has 0 saturated heterocycles. The molecule has 4 heterocycles. The summed E-state index contributed by atoms with van der Waals surface area (Å²) in [6.45, 7) is 8.21. The van der Waals surface area contributed by atoms with Crippen LogP contribution in [0.25, 0.3) is 11.8 Å². The Bertz CT molecular complexity index is 2020. The summed E-state index contributed by atoms with van der Waals surface area (Å²) in [7, 11) is 3.13. The van der Waals surface area contributed by atoms with E-state index in [4.69, 9.17) is 28.7 Å². The molecule has 2 aromatic heterocycles. The first-order valence-corrected chi connectivity index (χ1v) is 15.6. The second kappa shape index (κ2) is 12.3. The van der Waals surface area contributed by atoms with Gasteiger partial charge in [0.05, 0.1) is 36.6 Å². The van der Waals surface area contributed by atoms with Crippen molar-refractivity contribution in [1.29, 1.82) is 0 Å². The number of methoxy groups -OCH3 is 2. The molecule has 45 heavy (non-hydrogen) atoms. The van der Waals surface area contributed by atoms with Gasteiger partial charge in [0.15, 0.2) is 16.3 Å². The van der Waals surface area contributed by atoms with Crippen molar-refractivity contribution in [2.45, 2.75) is 46.6 Å². The lowest BCUT2D eigenvalue weighted by Crippen LogP contribution is -2.40. The van der Waals surface area contributed by atoms with Crippen LogP contribution in [0.3, 0.4) is 0 Å². The number of hydrogen-bond donors (Lipinski definition) is 0. The highest BCUT2D eigenvalue weighted by Gasteiger charge is 2.36. The fourth-order valence-electron chi connectivity index (χ4n) is 5.96. The number of rotatable bonds is 9. The second-order valence-electron chi connectivity index (χ2n) is 10.7. The van der Waals surface area contributed by atoms with Crippen molar-refractivity contribution in [1.82, 2.24) is 9.13 Å². The zero-order valence-corrected chi connectivity index (χ0v) is 26.9. The number of ether oxygens (including phenoxy) is 5. The number of thiazole rings is 1. The van der Waals surface area contributed by atoms with Crippen LogP contribution in [0.1, 0.15) is 55.2 Å². The zero-order chi connectivity index (χ0) is 31.8. The minimum atomic E-state index is -0.824. The van der Waals surface area contributed by atoms with E-state index in [2.05, 4.69) is 4.57 Å². The summed E-state index contributed by atoms with van der Waals surface area (Å²) < 4.78 is 32.1. The standard InChI is InChI=1S/C34H35N3O7S/c1-7-9-25-30(33(39)42-8-2)31(24-17-23(40-5)11-13-26(24)41-6)37-32(38)29(45-34(37)35-25)15-21-14-19(3)36(20(21)4)22-10-12-27-28(16-22)44-18-43-27/h10-17,31H,7-9,18H2,1-6H3/t31-/m0/s1. The maximum atomic E-state index is 14.3. The van der Waals surface area contributed by atoms with Gasteiger partial charge in [0.1, 0.15) is 17.5 Å². The molecule has 234 valence electrons. The maximum absolute atomic E-state index is 14.3. The fraction of sp³-hybridized carbons (Fsp3) is 0.324. The van der Waals surface area contributed by atoms with Crippen molar-refractivity contribution in [2.24, 2.45) is 4.99 Å². The number of fused-ring (bicyclic) bond motifs is 2. The Hall–Kier alpha value is -4.77. The molecule has 0 radical (unpaired) electrons. The molecule has 6 rings (SSSR count). The highest BCUT2D eigenvalue weighted by Crippen LogP contribution is 2.39. The number of benzene rings is 2.